The fourth-order valence-electron chi connectivity index (χ4n) is 7.27. The zero-order valence-electron chi connectivity index (χ0n) is 30.9. The van der Waals surface area contributed by atoms with E-state index >= 15 is 0 Å². The lowest BCUT2D eigenvalue weighted by Crippen LogP contribution is -2.51. The van der Waals surface area contributed by atoms with E-state index in [2.05, 4.69) is 63.8 Å². The molecule has 2 aliphatic heterocycles. The van der Waals surface area contributed by atoms with E-state index in [0.717, 1.165) is 77.4 Å². The summed E-state index contributed by atoms with van der Waals surface area (Å²) in [6.45, 7) is 7.07. The number of nitrogens with one attached hydrogen (secondary N) is 2. The number of aliphatic hydroxyl groups excluding tert-OH is 1. The van der Waals surface area contributed by atoms with Crippen LogP contribution in [0.15, 0.2) is 127 Å². The van der Waals surface area contributed by atoms with Crippen molar-refractivity contribution >= 4 is 17.4 Å². The van der Waals surface area contributed by atoms with Crippen molar-refractivity contribution in [3.63, 3.8) is 0 Å². The van der Waals surface area contributed by atoms with Gasteiger partial charge in [-0.1, -0.05) is 104 Å². The second-order valence-corrected chi connectivity index (χ2v) is 14.2. The van der Waals surface area contributed by atoms with Crippen LogP contribution in [0.1, 0.15) is 47.1 Å². The van der Waals surface area contributed by atoms with Crippen molar-refractivity contribution in [3.8, 4) is 11.1 Å². The number of nitrogens with zero attached hydrogens (tertiary/aromatic N) is 3. The Labute approximate surface area is 321 Å². The highest BCUT2D eigenvalue weighted by molar-refractivity contribution is 5.74. The third-order valence-electron chi connectivity index (χ3n) is 10.6. The van der Waals surface area contributed by atoms with Crippen LogP contribution in [0, 0.1) is 16.0 Å². The molecule has 0 aliphatic carbocycles. The number of nitro benzene ring substituents is 1. The SMILES string of the molecule is CC1C(CN2CCN(c3ccc([N+](=O)[O-])cc3)CC2)OC(c2ccc(-c3cccc(CNC(=O)NCc4ccccc4)c3)cc2)OC1c1ccc(CO)cc1. The maximum atomic E-state index is 12.4. The predicted octanol–water partition coefficient (Wildman–Crippen LogP) is 7.37. The summed E-state index contributed by atoms with van der Waals surface area (Å²) >= 11 is 0. The number of amides is 2. The highest BCUT2D eigenvalue weighted by Crippen LogP contribution is 2.42. The van der Waals surface area contributed by atoms with Crippen LogP contribution in [-0.4, -0.2) is 59.8 Å². The van der Waals surface area contributed by atoms with Crippen molar-refractivity contribution in [1.82, 2.24) is 15.5 Å². The van der Waals surface area contributed by atoms with Crippen molar-refractivity contribution in [3.05, 3.63) is 165 Å². The molecule has 0 bridgehead atoms. The summed E-state index contributed by atoms with van der Waals surface area (Å²) in [5, 5.41) is 26.6. The van der Waals surface area contributed by atoms with Gasteiger partial charge in [0.15, 0.2) is 6.29 Å². The van der Waals surface area contributed by atoms with Gasteiger partial charge in [0.05, 0.1) is 23.7 Å². The van der Waals surface area contributed by atoms with Crippen LogP contribution in [-0.2, 0) is 29.2 Å². The van der Waals surface area contributed by atoms with Gasteiger partial charge < -0.3 is 30.1 Å². The Morgan fingerprint density at radius 2 is 1.40 bits per heavy atom. The molecular formula is C44H47N5O6. The number of nitro groups is 1. The molecule has 11 nitrogen and oxygen atoms in total. The van der Waals surface area contributed by atoms with E-state index in [1.165, 1.54) is 0 Å². The van der Waals surface area contributed by atoms with Gasteiger partial charge in [-0.3, -0.25) is 15.0 Å². The van der Waals surface area contributed by atoms with Gasteiger partial charge in [0, 0.05) is 75.1 Å². The van der Waals surface area contributed by atoms with Gasteiger partial charge in [-0.2, -0.15) is 0 Å². The molecule has 2 heterocycles. The maximum absolute atomic E-state index is 12.4. The highest BCUT2D eigenvalue weighted by atomic mass is 16.7. The van der Waals surface area contributed by atoms with Gasteiger partial charge in [0.1, 0.15) is 0 Å². The standard InChI is InChI=1S/C44H47N5O6/c1-31-41(29-47-22-24-48(25-23-47)39-18-20-40(21-19-39)49(52)53)54-43(55-42(31)36-12-10-33(30-50)11-13-36)37-16-14-35(15-17-37)38-9-5-8-34(26-38)28-46-44(51)45-27-32-6-3-2-4-7-32/h2-21,26,31,41-43,50H,22-25,27-30H2,1H3,(H2,45,46,51). The van der Waals surface area contributed by atoms with Gasteiger partial charge in [-0.05, 0) is 51.6 Å². The molecule has 3 N–H and O–H groups in total. The lowest BCUT2D eigenvalue weighted by atomic mass is 9.89. The van der Waals surface area contributed by atoms with E-state index in [0.29, 0.717) is 13.1 Å². The van der Waals surface area contributed by atoms with Crippen molar-refractivity contribution < 1.29 is 24.3 Å². The number of carbonyl (C=O) groups is 1. The monoisotopic (exact) mass is 741 g/mol. The second kappa shape index (κ2) is 17.7. The number of non-ortho nitro benzene ring substituents is 1. The van der Waals surface area contributed by atoms with Gasteiger partial charge in [-0.15, -0.1) is 0 Å². The molecule has 2 aliphatic rings. The Balaban J connectivity index is 1.01. The molecule has 284 valence electrons. The molecule has 11 heteroatoms. The Kier molecular flexibility index (Phi) is 12.1. The number of benzene rings is 5. The van der Waals surface area contributed by atoms with E-state index < -0.39 is 6.29 Å². The number of urea groups is 1. The minimum Gasteiger partial charge on any atom is -0.392 e. The molecule has 2 fully saturated rings. The molecule has 2 amide bonds. The van der Waals surface area contributed by atoms with Gasteiger partial charge in [-0.25, -0.2) is 4.79 Å². The Bertz CT molecular complexity index is 2020. The quantitative estimate of drug-likeness (QED) is 0.0894. The first-order valence-electron chi connectivity index (χ1n) is 18.8. The van der Waals surface area contributed by atoms with Crippen LogP contribution in [0.25, 0.3) is 11.1 Å². The number of ether oxygens (including phenoxy) is 2. The summed E-state index contributed by atoms with van der Waals surface area (Å²) in [6.07, 6.45) is -0.906. The fraction of sp³-hybridized carbons (Fsp3) is 0.295. The predicted molar refractivity (Wildman–Crippen MR) is 212 cm³/mol. The van der Waals surface area contributed by atoms with Crippen molar-refractivity contribution in [1.29, 1.82) is 0 Å². The normalized spacial score (nSPS) is 20.1. The fourth-order valence-corrected chi connectivity index (χ4v) is 7.27. The third-order valence-corrected chi connectivity index (χ3v) is 10.6. The Hall–Kier alpha value is -5.59. The minimum absolute atomic E-state index is 0.0164. The average molecular weight is 742 g/mol. The minimum atomic E-state index is -0.580. The molecule has 0 spiro atoms. The van der Waals surface area contributed by atoms with E-state index in [1.54, 1.807) is 12.1 Å². The van der Waals surface area contributed by atoms with Crippen molar-refractivity contribution in [2.45, 2.75) is 45.1 Å². The molecule has 55 heavy (non-hydrogen) atoms. The summed E-state index contributed by atoms with van der Waals surface area (Å²) in [5.41, 5.74) is 8.03. The second-order valence-electron chi connectivity index (χ2n) is 14.2. The number of carbonyl (C=O) groups excluding carboxylic acids is 1. The Morgan fingerprint density at radius 1 is 0.745 bits per heavy atom. The summed E-state index contributed by atoms with van der Waals surface area (Å²) < 4.78 is 13.5. The van der Waals surface area contributed by atoms with E-state index in [4.69, 9.17) is 9.47 Å². The van der Waals surface area contributed by atoms with E-state index in [1.807, 2.05) is 78.9 Å². The summed E-state index contributed by atoms with van der Waals surface area (Å²) in [6, 6.07) is 40.8. The van der Waals surface area contributed by atoms with Crippen LogP contribution < -0.4 is 15.5 Å². The summed E-state index contributed by atoms with van der Waals surface area (Å²) in [4.78, 5) is 27.9. The Morgan fingerprint density at radius 3 is 2.07 bits per heavy atom. The molecule has 4 atom stereocenters. The molecular weight excluding hydrogens is 695 g/mol. The number of hydrogen-bond acceptors (Lipinski definition) is 8. The maximum Gasteiger partial charge on any atom is 0.315 e. The van der Waals surface area contributed by atoms with Crippen LogP contribution in [0.3, 0.4) is 0 Å². The number of aliphatic hydroxyl groups is 1. The summed E-state index contributed by atoms with van der Waals surface area (Å²) in [7, 11) is 0. The first-order valence-corrected chi connectivity index (χ1v) is 18.8. The smallest absolute Gasteiger partial charge is 0.315 e. The topological polar surface area (TPSA) is 129 Å². The first-order chi connectivity index (χ1) is 26.8. The van der Waals surface area contributed by atoms with Crippen LogP contribution in [0.2, 0.25) is 0 Å². The zero-order chi connectivity index (χ0) is 38.1. The number of piperazine rings is 1. The van der Waals surface area contributed by atoms with Crippen LogP contribution in [0.4, 0.5) is 16.2 Å². The molecule has 0 saturated carbocycles. The summed E-state index contributed by atoms with van der Waals surface area (Å²) in [5.74, 6) is 0.0555. The van der Waals surface area contributed by atoms with Gasteiger partial charge >= 0.3 is 6.03 Å². The molecule has 5 aromatic rings. The van der Waals surface area contributed by atoms with Crippen molar-refractivity contribution in [2.75, 3.05) is 37.6 Å². The van der Waals surface area contributed by atoms with Crippen LogP contribution in [0.5, 0.6) is 0 Å². The lowest BCUT2D eigenvalue weighted by molar-refractivity contribution is -0.384. The number of hydrogen-bond donors (Lipinski definition) is 3. The zero-order valence-corrected chi connectivity index (χ0v) is 30.9. The largest absolute Gasteiger partial charge is 0.392 e. The molecule has 2 saturated heterocycles. The van der Waals surface area contributed by atoms with E-state index in [-0.39, 0.29) is 41.4 Å². The number of anilines is 1. The van der Waals surface area contributed by atoms with Gasteiger partial charge in [0.25, 0.3) is 5.69 Å². The number of rotatable bonds is 12. The molecule has 0 radical (unpaired) electrons. The van der Waals surface area contributed by atoms with Crippen molar-refractivity contribution in [2.24, 2.45) is 5.92 Å². The third kappa shape index (κ3) is 9.56. The molecule has 5 aromatic carbocycles. The molecule has 4 unspecified atom stereocenters. The average Bonchev–Trinajstić information content (AvgIpc) is 3.24. The van der Waals surface area contributed by atoms with E-state index in [9.17, 15) is 20.0 Å². The lowest BCUT2D eigenvalue weighted by Gasteiger charge is -2.44. The molecule has 0 aromatic heterocycles. The van der Waals surface area contributed by atoms with Gasteiger partial charge in [0.2, 0.25) is 0 Å². The first kappa shape index (κ1) is 37.7. The highest BCUT2D eigenvalue weighted by Gasteiger charge is 2.39. The van der Waals surface area contributed by atoms with Crippen LogP contribution >= 0.6 is 0 Å². The molecule has 7 rings (SSSR count).